The molecule has 0 saturated heterocycles. The molecular formula is C44H54Cl2N4O9P2S. The van der Waals surface area contributed by atoms with E-state index in [1.807, 2.05) is 113 Å². The molecule has 334 valence electrons. The first-order chi connectivity index (χ1) is 30.1. The maximum atomic E-state index is 12.8. The molecule has 2 unspecified atom stereocenters. The summed E-state index contributed by atoms with van der Waals surface area (Å²) in [5.74, 6) is 1.24. The van der Waals surface area contributed by atoms with Gasteiger partial charge in [0.25, 0.3) is 5.91 Å². The number of hydrogen-bond acceptors (Lipinski definition) is 12. The number of hydrogen-bond donors (Lipinski definition) is 6. The lowest BCUT2D eigenvalue weighted by molar-refractivity contribution is -0.114. The Kier molecular flexibility index (Phi) is 25.1. The van der Waals surface area contributed by atoms with Crippen molar-refractivity contribution in [1.29, 1.82) is 0 Å². The fourth-order valence-electron chi connectivity index (χ4n) is 6.71. The van der Waals surface area contributed by atoms with Gasteiger partial charge in [-0.3, -0.25) is 9.59 Å². The van der Waals surface area contributed by atoms with Crippen molar-refractivity contribution in [3.8, 4) is 11.5 Å². The van der Waals surface area contributed by atoms with E-state index < -0.39 is 18.1 Å². The van der Waals surface area contributed by atoms with Crippen molar-refractivity contribution in [2.45, 2.75) is 45.3 Å². The standard InChI is InChI=1S/C24H22N2O2.C14H13ClNO3P.C3H7NO2S.C2H6.CH3Cl.H3O2P/c1-2-5-16-8-9-17(21(25)14-16)10-11-24(28)26-13-12-19-18-6-3-4-7-20(18)23(27)15-22(19)26;15-6-9-7-16(8-17)12-5-13(19-20-18)10-3-1-2-4-11(10)14(9)12;1-3(7)2-6-4-5;2*1-2;1-3-2/h2-11,14-15,27H,12-13,25H2,1H3;1-5,8-9,18,20H,6-7H2;3,7H,2H2,1H3;1-2H3;1H3;1-3H/b5-2+,11-10+;;;;;/t;9-;;;;/m.1..../s1. The molecule has 2 heterocycles. The minimum Gasteiger partial charge on any atom is -0.507 e. The quantitative estimate of drug-likeness (QED) is 0.0115. The molecule has 18 heteroatoms. The first-order valence-electron chi connectivity index (χ1n) is 19.3. The summed E-state index contributed by atoms with van der Waals surface area (Å²) < 4.78 is 5.31. The Morgan fingerprint density at radius 2 is 1.61 bits per heavy atom. The molecule has 2 amide bonds. The summed E-state index contributed by atoms with van der Waals surface area (Å²) in [6.07, 6.45) is 10.3. The number of carbonyl (C=O) groups excluding carboxylic acids is 2. The molecule has 2 aliphatic heterocycles. The van der Waals surface area contributed by atoms with Gasteiger partial charge >= 0.3 is 0 Å². The monoisotopic (exact) mass is 946 g/mol. The summed E-state index contributed by atoms with van der Waals surface area (Å²) in [6.45, 7) is 9.23. The van der Waals surface area contributed by atoms with Gasteiger partial charge in [0.05, 0.1) is 11.4 Å². The Morgan fingerprint density at radius 1 is 0.984 bits per heavy atom. The number of phenols is 1. The molecule has 6 N–H and O–H groups in total. The molecule has 2 aliphatic rings. The number of nitrogen functional groups attached to an aromatic ring is 1. The number of phenolic OH excluding ortho intramolecular Hbond substituents is 1. The minimum atomic E-state index is -0.917. The second-order valence-electron chi connectivity index (χ2n) is 12.9. The number of aromatic hydroxyl groups is 1. The van der Waals surface area contributed by atoms with E-state index in [1.54, 1.807) is 28.0 Å². The average Bonchev–Trinajstić information content (AvgIpc) is 3.89. The van der Waals surface area contributed by atoms with E-state index in [-0.39, 0.29) is 29.4 Å². The molecule has 0 radical (unpaired) electrons. The molecule has 0 bridgehead atoms. The maximum absolute atomic E-state index is 12.8. The van der Waals surface area contributed by atoms with Crippen molar-refractivity contribution in [3.63, 3.8) is 0 Å². The predicted molar refractivity (Wildman–Crippen MR) is 264 cm³/mol. The van der Waals surface area contributed by atoms with Gasteiger partial charge in [-0.2, -0.15) is 12.6 Å². The highest BCUT2D eigenvalue weighted by Crippen LogP contribution is 2.46. The summed E-state index contributed by atoms with van der Waals surface area (Å²) >= 11 is 14.6. The smallest absolute Gasteiger partial charge is 0.251 e. The molecule has 0 fully saturated rings. The summed E-state index contributed by atoms with van der Waals surface area (Å²) in [5.41, 5.74) is 12.4. The topological polar surface area (TPSA) is 195 Å². The average molecular weight is 948 g/mol. The molecular weight excluding hydrogens is 893 g/mol. The first-order valence-corrected chi connectivity index (χ1v) is 22.8. The summed E-state index contributed by atoms with van der Waals surface area (Å²) in [5, 5.41) is 16.4. The van der Waals surface area contributed by atoms with Crippen LogP contribution in [0.25, 0.3) is 33.7 Å². The van der Waals surface area contributed by atoms with Crippen molar-refractivity contribution in [1.82, 2.24) is 0 Å². The van der Waals surface area contributed by atoms with Crippen LogP contribution in [-0.4, -0.2) is 69.3 Å². The van der Waals surface area contributed by atoms with Crippen LogP contribution in [0.2, 0.25) is 0 Å². The predicted octanol–water partition coefficient (Wildman–Crippen LogP) is 10.1. The van der Waals surface area contributed by atoms with Crippen LogP contribution in [0.4, 0.5) is 17.1 Å². The third-order valence-corrected chi connectivity index (χ3v) is 9.96. The van der Waals surface area contributed by atoms with Crippen LogP contribution >= 0.6 is 53.9 Å². The number of carbonyl (C=O) groups is 2. The highest BCUT2D eigenvalue weighted by atomic mass is 35.5. The number of benzene rings is 5. The Bertz CT molecular complexity index is 2270. The van der Waals surface area contributed by atoms with E-state index in [0.29, 0.717) is 30.4 Å². The van der Waals surface area contributed by atoms with E-state index in [9.17, 15) is 19.6 Å². The molecule has 0 saturated carbocycles. The van der Waals surface area contributed by atoms with Gasteiger partial charge in [-0.05, 0) is 58.5 Å². The van der Waals surface area contributed by atoms with E-state index in [4.69, 9.17) is 36.5 Å². The lowest BCUT2D eigenvalue weighted by Crippen LogP contribution is -2.26. The number of alkyl halides is 2. The summed E-state index contributed by atoms with van der Waals surface area (Å²) in [4.78, 5) is 64.0. The van der Waals surface area contributed by atoms with Gasteiger partial charge in [0.1, 0.15) is 27.1 Å². The lowest BCUT2D eigenvalue weighted by atomic mass is 9.95. The van der Waals surface area contributed by atoms with Crippen LogP contribution in [0.1, 0.15) is 55.9 Å². The number of amides is 2. The van der Waals surface area contributed by atoms with Crippen LogP contribution in [0.3, 0.4) is 0 Å². The number of halogens is 2. The number of thiol groups is 1. The number of nitrogens with two attached hydrogens (primary N) is 1. The zero-order valence-electron chi connectivity index (χ0n) is 35.0. The van der Waals surface area contributed by atoms with E-state index in [0.717, 1.165) is 68.0 Å². The first kappa shape index (κ1) is 53.6. The van der Waals surface area contributed by atoms with Crippen molar-refractivity contribution in [3.05, 3.63) is 118 Å². The largest absolute Gasteiger partial charge is 0.507 e. The molecule has 13 nitrogen and oxygen atoms in total. The molecule has 0 aliphatic carbocycles. The molecule has 0 aromatic heterocycles. The minimum absolute atomic E-state index is 0.0812. The maximum Gasteiger partial charge on any atom is 0.251 e. The SMILES string of the molecule is C/C=C/c1ccc(/C=C/C(=O)N2CCc3c2cc(O)c2ccccc32)c(N)c1.CC.CC(S)CON=O.CCl.O=CN1C[C@@H](CCl)c2c1cc(OPO)c1ccccc21.OPO. The number of nitrogens with zero attached hydrogens (tertiary/aromatic N) is 3. The zero-order valence-corrected chi connectivity index (χ0v) is 39.4. The number of allylic oxidation sites excluding steroid dienone is 1. The Morgan fingerprint density at radius 3 is 2.16 bits per heavy atom. The Hall–Kier alpha value is -4.49. The van der Waals surface area contributed by atoms with Gasteiger partial charge in [0, 0.05) is 71.2 Å². The second-order valence-corrected chi connectivity index (χ2v) is 14.7. The second kappa shape index (κ2) is 29.0. The Labute approximate surface area is 381 Å². The van der Waals surface area contributed by atoms with Crippen molar-refractivity contribution >= 4 is 117 Å². The highest BCUT2D eigenvalue weighted by Gasteiger charge is 2.31. The van der Waals surface area contributed by atoms with Crippen LogP contribution < -0.4 is 20.1 Å². The van der Waals surface area contributed by atoms with Crippen LogP contribution in [0.15, 0.2) is 96.4 Å². The Balaban J connectivity index is 0.000000338. The van der Waals surface area contributed by atoms with Crippen molar-refractivity contribution in [2.75, 3.05) is 47.5 Å². The van der Waals surface area contributed by atoms with Crippen molar-refractivity contribution in [2.24, 2.45) is 5.34 Å². The zero-order chi connectivity index (χ0) is 46.2. The van der Waals surface area contributed by atoms with Gasteiger partial charge < -0.3 is 44.7 Å². The molecule has 5 aromatic carbocycles. The van der Waals surface area contributed by atoms with Gasteiger partial charge in [0.2, 0.25) is 15.4 Å². The number of anilines is 3. The molecule has 5 aromatic rings. The van der Waals surface area contributed by atoms with Crippen molar-refractivity contribution < 1.29 is 38.7 Å². The third kappa shape index (κ3) is 14.5. The summed E-state index contributed by atoms with van der Waals surface area (Å²) in [6, 6.07) is 24.8. The van der Waals surface area contributed by atoms with E-state index >= 15 is 0 Å². The highest BCUT2D eigenvalue weighted by molar-refractivity contribution is 7.80. The van der Waals surface area contributed by atoms with Crippen LogP contribution in [0, 0.1) is 4.91 Å². The molecule has 3 atom stereocenters. The third-order valence-electron chi connectivity index (χ3n) is 9.13. The van der Waals surface area contributed by atoms with Crippen LogP contribution in [-0.2, 0) is 20.8 Å². The summed E-state index contributed by atoms with van der Waals surface area (Å²) in [7, 11) is -1.55. The molecule has 0 spiro atoms. The normalized spacial score (nSPS) is 13.9. The molecule has 7 rings (SSSR count). The van der Waals surface area contributed by atoms with Gasteiger partial charge in [-0.25, -0.2) is 0 Å². The van der Waals surface area contributed by atoms with E-state index in [2.05, 4.69) is 34.4 Å². The number of rotatable bonds is 10. The van der Waals surface area contributed by atoms with Gasteiger partial charge in [0.15, 0.2) is 5.34 Å². The van der Waals surface area contributed by atoms with Gasteiger partial charge in [-0.1, -0.05) is 93.6 Å². The van der Waals surface area contributed by atoms with Crippen LogP contribution in [0.5, 0.6) is 11.5 Å². The number of fused-ring (bicyclic) bond motifs is 6. The van der Waals surface area contributed by atoms with Gasteiger partial charge in [-0.15, -0.1) is 28.1 Å². The lowest BCUT2D eigenvalue weighted by Gasteiger charge is -2.16. The molecule has 62 heavy (non-hydrogen) atoms. The fourth-order valence-corrected chi connectivity index (χ4v) is 7.30. The fraction of sp³-hybridized carbons (Fsp3) is 0.273. The van der Waals surface area contributed by atoms with E-state index in [1.165, 1.54) is 6.38 Å².